The van der Waals surface area contributed by atoms with Crippen molar-refractivity contribution in [2.24, 2.45) is 0 Å². The Kier molecular flexibility index (Phi) is 9.05. The quantitative estimate of drug-likeness (QED) is 0.438. The summed E-state index contributed by atoms with van der Waals surface area (Å²) in [6, 6.07) is 14.6. The number of aryl methyl sites for hydroxylation is 1. The van der Waals surface area contributed by atoms with Crippen LogP contribution >= 0.6 is 0 Å². The minimum Gasteiger partial charge on any atom is -0.482 e. The topological polar surface area (TPSA) is 64.6 Å². The fraction of sp³-hybridized carbons (Fsp3) is 0.391. The molecule has 2 rings (SSSR count). The Labute approximate surface area is 167 Å². The minimum absolute atomic E-state index is 0.139. The molecular formula is C23H29NO4. The number of hydrogen-bond donors (Lipinski definition) is 1. The summed E-state index contributed by atoms with van der Waals surface area (Å²) in [5.41, 5.74) is 2.56. The van der Waals surface area contributed by atoms with Gasteiger partial charge in [0.1, 0.15) is 5.75 Å². The molecule has 2 aromatic rings. The van der Waals surface area contributed by atoms with E-state index in [1.54, 1.807) is 24.3 Å². The molecule has 0 saturated heterocycles. The van der Waals surface area contributed by atoms with Crippen molar-refractivity contribution in [1.82, 2.24) is 0 Å². The molecule has 0 unspecified atom stereocenters. The van der Waals surface area contributed by atoms with Gasteiger partial charge in [0.2, 0.25) is 0 Å². The molecule has 0 bridgehead atoms. The van der Waals surface area contributed by atoms with Crippen molar-refractivity contribution < 1.29 is 19.1 Å². The van der Waals surface area contributed by atoms with Gasteiger partial charge in [0.25, 0.3) is 5.91 Å². The lowest BCUT2D eigenvalue weighted by atomic mass is 10.1. The first-order chi connectivity index (χ1) is 13.6. The summed E-state index contributed by atoms with van der Waals surface area (Å²) in [6.07, 6.45) is 5.20. The van der Waals surface area contributed by atoms with E-state index in [0.717, 1.165) is 37.8 Å². The van der Waals surface area contributed by atoms with Gasteiger partial charge in [-0.25, -0.2) is 4.79 Å². The Hall–Kier alpha value is -2.82. The minimum atomic E-state index is -0.391. The highest BCUT2D eigenvalue weighted by atomic mass is 16.6. The van der Waals surface area contributed by atoms with Crippen molar-refractivity contribution in [3.8, 4) is 5.75 Å². The number of anilines is 1. The zero-order valence-corrected chi connectivity index (χ0v) is 16.7. The summed E-state index contributed by atoms with van der Waals surface area (Å²) in [5.74, 6) is -0.0613. The molecule has 0 fully saturated rings. The number of esters is 1. The standard InChI is InChI=1S/C23H29NO4/c1-3-5-7-18-8-12-20(13-9-18)24-23(26)19-10-14-21(15-11-19)28-17-22(25)27-16-6-4-2/h8-15H,3-7,16-17H2,1-2H3,(H,24,26). The van der Waals surface area contributed by atoms with Crippen molar-refractivity contribution in [1.29, 1.82) is 0 Å². The first-order valence-corrected chi connectivity index (χ1v) is 9.91. The van der Waals surface area contributed by atoms with Gasteiger partial charge in [0.15, 0.2) is 6.61 Å². The number of benzene rings is 2. The molecule has 5 heteroatoms. The van der Waals surface area contributed by atoms with Gasteiger partial charge in [-0.05, 0) is 61.2 Å². The van der Waals surface area contributed by atoms with Crippen molar-refractivity contribution >= 4 is 17.6 Å². The molecule has 0 aliphatic heterocycles. The second-order valence-corrected chi connectivity index (χ2v) is 6.64. The molecule has 1 amide bonds. The first kappa shape index (κ1) is 21.5. The Morgan fingerprint density at radius 1 is 0.893 bits per heavy atom. The molecule has 0 heterocycles. The summed E-state index contributed by atoms with van der Waals surface area (Å²) >= 11 is 0. The summed E-state index contributed by atoms with van der Waals surface area (Å²) in [6.45, 7) is 4.48. The fourth-order valence-electron chi connectivity index (χ4n) is 2.56. The number of unbranched alkanes of at least 4 members (excludes halogenated alkanes) is 2. The van der Waals surface area contributed by atoms with E-state index >= 15 is 0 Å². The number of hydrogen-bond acceptors (Lipinski definition) is 4. The van der Waals surface area contributed by atoms with Crippen LogP contribution < -0.4 is 10.1 Å². The molecule has 0 saturated carbocycles. The molecule has 150 valence electrons. The van der Waals surface area contributed by atoms with Gasteiger partial charge in [0, 0.05) is 11.3 Å². The van der Waals surface area contributed by atoms with Gasteiger partial charge in [-0.2, -0.15) is 0 Å². The van der Waals surface area contributed by atoms with Gasteiger partial charge in [-0.1, -0.05) is 38.8 Å². The van der Waals surface area contributed by atoms with Crippen LogP contribution in [0.5, 0.6) is 5.75 Å². The highest BCUT2D eigenvalue weighted by Gasteiger charge is 2.08. The van der Waals surface area contributed by atoms with E-state index in [4.69, 9.17) is 9.47 Å². The molecule has 5 nitrogen and oxygen atoms in total. The van der Waals surface area contributed by atoms with Crippen LogP contribution in [0.1, 0.15) is 55.5 Å². The molecule has 0 aromatic heterocycles. The molecule has 0 radical (unpaired) electrons. The van der Waals surface area contributed by atoms with E-state index < -0.39 is 5.97 Å². The third-order valence-electron chi connectivity index (χ3n) is 4.26. The lowest BCUT2D eigenvalue weighted by Gasteiger charge is -2.09. The van der Waals surface area contributed by atoms with E-state index in [-0.39, 0.29) is 12.5 Å². The molecule has 0 aliphatic rings. The lowest BCUT2D eigenvalue weighted by molar-refractivity contribution is -0.146. The molecule has 28 heavy (non-hydrogen) atoms. The zero-order chi connectivity index (χ0) is 20.2. The van der Waals surface area contributed by atoms with Crippen LogP contribution in [0, 0.1) is 0 Å². The Balaban J connectivity index is 1.81. The van der Waals surface area contributed by atoms with Gasteiger partial charge in [-0.15, -0.1) is 0 Å². The van der Waals surface area contributed by atoms with Crippen molar-refractivity contribution in [2.45, 2.75) is 46.0 Å². The van der Waals surface area contributed by atoms with Gasteiger partial charge in [-0.3, -0.25) is 4.79 Å². The molecule has 0 atom stereocenters. The Morgan fingerprint density at radius 3 is 2.21 bits per heavy atom. The predicted molar refractivity (Wildman–Crippen MR) is 111 cm³/mol. The smallest absolute Gasteiger partial charge is 0.344 e. The maximum Gasteiger partial charge on any atom is 0.344 e. The largest absolute Gasteiger partial charge is 0.482 e. The molecular weight excluding hydrogens is 354 g/mol. The van der Waals surface area contributed by atoms with Gasteiger partial charge in [0.05, 0.1) is 6.61 Å². The monoisotopic (exact) mass is 383 g/mol. The maximum atomic E-state index is 12.4. The van der Waals surface area contributed by atoms with Crippen LogP contribution in [0.4, 0.5) is 5.69 Å². The lowest BCUT2D eigenvalue weighted by Crippen LogP contribution is -2.15. The molecule has 1 N–H and O–H groups in total. The Morgan fingerprint density at radius 2 is 1.57 bits per heavy atom. The fourth-order valence-corrected chi connectivity index (χ4v) is 2.56. The van der Waals surface area contributed by atoms with Crippen LogP contribution in [0.15, 0.2) is 48.5 Å². The van der Waals surface area contributed by atoms with Gasteiger partial charge >= 0.3 is 5.97 Å². The highest BCUT2D eigenvalue weighted by Crippen LogP contribution is 2.16. The first-order valence-electron chi connectivity index (χ1n) is 9.91. The third kappa shape index (κ3) is 7.43. The van der Waals surface area contributed by atoms with E-state index in [1.807, 2.05) is 31.2 Å². The maximum absolute atomic E-state index is 12.4. The number of ether oxygens (including phenoxy) is 2. The SMILES string of the molecule is CCCCOC(=O)COc1ccc(C(=O)Nc2ccc(CCCC)cc2)cc1. The molecule has 2 aromatic carbocycles. The average molecular weight is 383 g/mol. The number of amides is 1. The van der Waals surface area contributed by atoms with E-state index in [2.05, 4.69) is 12.2 Å². The second kappa shape index (κ2) is 11.8. The summed E-state index contributed by atoms with van der Waals surface area (Å²) in [7, 11) is 0. The predicted octanol–water partition coefficient (Wildman–Crippen LogP) is 5.00. The van der Waals surface area contributed by atoms with Gasteiger partial charge < -0.3 is 14.8 Å². The summed E-state index contributed by atoms with van der Waals surface area (Å²) in [4.78, 5) is 23.9. The molecule has 0 aliphatic carbocycles. The number of carbonyl (C=O) groups excluding carboxylic acids is 2. The van der Waals surface area contributed by atoms with Crippen LogP contribution in [0.3, 0.4) is 0 Å². The van der Waals surface area contributed by atoms with Crippen LogP contribution in [-0.2, 0) is 16.0 Å². The Bertz CT molecular complexity index is 738. The normalized spacial score (nSPS) is 10.4. The summed E-state index contributed by atoms with van der Waals surface area (Å²) < 4.78 is 10.4. The summed E-state index contributed by atoms with van der Waals surface area (Å²) in [5, 5.41) is 2.89. The zero-order valence-electron chi connectivity index (χ0n) is 16.7. The third-order valence-corrected chi connectivity index (χ3v) is 4.26. The van der Waals surface area contributed by atoms with E-state index in [0.29, 0.717) is 17.9 Å². The van der Waals surface area contributed by atoms with Crippen molar-refractivity contribution in [2.75, 3.05) is 18.5 Å². The van der Waals surface area contributed by atoms with Crippen molar-refractivity contribution in [3.63, 3.8) is 0 Å². The van der Waals surface area contributed by atoms with Crippen molar-refractivity contribution in [3.05, 3.63) is 59.7 Å². The van der Waals surface area contributed by atoms with Crippen LogP contribution in [-0.4, -0.2) is 25.1 Å². The molecule has 0 spiro atoms. The highest BCUT2D eigenvalue weighted by molar-refractivity contribution is 6.04. The van der Waals surface area contributed by atoms with Crippen LogP contribution in [0.25, 0.3) is 0 Å². The average Bonchev–Trinajstić information content (AvgIpc) is 2.72. The number of nitrogens with one attached hydrogen (secondary N) is 1. The number of rotatable bonds is 11. The second-order valence-electron chi connectivity index (χ2n) is 6.64. The number of carbonyl (C=O) groups is 2. The van der Waals surface area contributed by atoms with E-state index in [1.165, 1.54) is 5.56 Å². The van der Waals surface area contributed by atoms with E-state index in [9.17, 15) is 9.59 Å². The van der Waals surface area contributed by atoms with Crippen LogP contribution in [0.2, 0.25) is 0 Å².